The van der Waals surface area contributed by atoms with Crippen molar-refractivity contribution < 1.29 is 4.79 Å². The molecular weight excluding hydrogens is 409 g/mol. The molecule has 9 heteroatoms. The van der Waals surface area contributed by atoms with E-state index in [4.69, 9.17) is 23.2 Å². The number of halogens is 3. The van der Waals surface area contributed by atoms with Crippen molar-refractivity contribution in [2.45, 2.75) is 12.6 Å². The van der Waals surface area contributed by atoms with Crippen molar-refractivity contribution >= 4 is 41.5 Å². The Morgan fingerprint density at radius 3 is 2.81 bits per heavy atom. The lowest BCUT2D eigenvalue weighted by atomic mass is 10.1. The molecule has 6 nitrogen and oxygen atoms in total. The van der Waals surface area contributed by atoms with Gasteiger partial charge in [-0.25, -0.2) is 4.98 Å². The van der Waals surface area contributed by atoms with E-state index in [1.165, 1.54) is 0 Å². The first-order valence-electron chi connectivity index (χ1n) is 8.55. The van der Waals surface area contributed by atoms with Crippen LogP contribution in [0, 0.1) is 0 Å². The van der Waals surface area contributed by atoms with Crippen molar-refractivity contribution in [2.75, 3.05) is 33.2 Å². The number of aromatic nitrogens is 2. The number of nitrogens with one attached hydrogen (secondary N) is 1. The molecule has 0 spiro atoms. The molecule has 2 aromatic rings. The summed E-state index contributed by atoms with van der Waals surface area (Å²) in [6.45, 7) is 3.31. The Morgan fingerprint density at radius 1 is 1.37 bits per heavy atom. The van der Waals surface area contributed by atoms with Gasteiger partial charge in [0.15, 0.2) is 0 Å². The fraction of sp³-hybridized carbons (Fsp3) is 0.444. The number of nitrogens with zero attached hydrogens (tertiary/aromatic N) is 4. The van der Waals surface area contributed by atoms with Crippen LogP contribution in [0.5, 0.6) is 0 Å². The molecule has 0 radical (unpaired) electrons. The minimum Gasteiger partial charge on any atom is -0.340 e. The maximum absolute atomic E-state index is 12.7. The van der Waals surface area contributed by atoms with Gasteiger partial charge in [0, 0.05) is 52.7 Å². The summed E-state index contributed by atoms with van der Waals surface area (Å²) in [5, 5.41) is 4.41. The van der Waals surface area contributed by atoms with E-state index >= 15 is 0 Å². The molecule has 27 heavy (non-hydrogen) atoms. The van der Waals surface area contributed by atoms with E-state index in [-0.39, 0.29) is 24.4 Å². The first-order valence-corrected chi connectivity index (χ1v) is 9.31. The smallest absolute Gasteiger partial charge is 0.236 e. The van der Waals surface area contributed by atoms with Gasteiger partial charge in [0.1, 0.15) is 5.82 Å². The second-order valence-corrected chi connectivity index (χ2v) is 7.40. The summed E-state index contributed by atoms with van der Waals surface area (Å²) in [5.41, 5.74) is 0.955. The average molecular weight is 433 g/mol. The Balaban J connectivity index is 0.00000261. The molecule has 1 saturated heterocycles. The summed E-state index contributed by atoms with van der Waals surface area (Å²) in [5.74, 6) is 1.04. The molecule has 1 aliphatic heterocycles. The van der Waals surface area contributed by atoms with E-state index in [1.54, 1.807) is 23.2 Å². The van der Waals surface area contributed by atoms with E-state index in [0.29, 0.717) is 23.1 Å². The van der Waals surface area contributed by atoms with Gasteiger partial charge >= 0.3 is 0 Å². The molecule has 0 saturated carbocycles. The number of likely N-dealkylation sites (N-methyl/N-ethyl adjacent to an activating group) is 1. The average Bonchev–Trinajstić information content (AvgIpc) is 3.04. The third-order valence-electron chi connectivity index (χ3n) is 4.68. The zero-order chi connectivity index (χ0) is 18.7. The third kappa shape index (κ3) is 5.36. The van der Waals surface area contributed by atoms with Crippen LogP contribution in [0.25, 0.3) is 0 Å². The van der Waals surface area contributed by atoms with Gasteiger partial charge in [-0.2, -0.15) is 0 Å². The number of hydrogen-bond donors (Lipinski definition) is 1. The van der Waals surface area contributed by atoms with E-state index in [9.17, 15) is 4.79 Å². The molecule has 1 unspecified atom stereocenters. The highest BCUT2D eigenvalue weighted by Gasteiger charge is 2.29. The standard InChI is InChI=1S/C18H23Cl2N5O.ClH/c1-23-7-6-22-18(23)16-10-21-5-8-25(16)12-17(26)24(2)11-13-3-4-14(19)15(20)9-13;/h3-4,6-7,9,16,21H,5,8,10-12H2,1-2H3;1H. The van der Waals surface area contributed by atoms with Crippen LogP contribution in [0.4, 0.5) is 0 Å². The van der Waals surface area contributed by atoms with Crippen molar-refractivity contribution in [3.8, 4) is 0 Å². The molecule has 1 aliphatic rings. The molecule has 3 rings (SSSR count). The number of carbonyl (C=O) groups is 1. The fourth-order valence-corrected chi connectivity index (χ4v) is 3.50. The normalized spacial score (nSPS) is 17.4. The molecule has 2 heterocycles. The minimum absolute atomic E-state index is 0. The molecule has 1 fully saturated rings. The Bertz CT molecular complexity index is 782. The van der Waals surface area contributed by atoms with Crippen LogP contribution in [0.15, 0.2) is 30.6 Å². The zero-order valence-corrected chi connectivity index (χ0v) is 17.7. The fourth-order valence-electron chi connectivity index (χ4n) is 3.18. The number of rotatable bonds is 5. The molecule has 1 amide bonds. The summed E-state index contributed by atoms with van der Waals surface area (Å²) in [4.78, 5) is 21.1. The summed E-state index contributed by atoms with van der Waals surface area (Å²) in [7, 11) is 3.79. The van der Waals surface area contributed by atoms with Crippen molar-refractivity contribution in [1.82, 2.24) is 24.7 Å². The number of imidazole rings is 1. The topological polar surface area (TPSA) is 53.4 Å². The minimum atomic E-state index is 0. The van der Waals surface area contributed by atoms with Gasteiger partial charge in [0.2, 0.25) is 5.91 Å². The second kappa shape index (κ2) is 9.75. The Hall–Kier alpha value is -1.31. The highest BCUT2D eigenvalue weighted by atomic mass is 35.5. The Morgan fingerprint density at radius 2 is 2.15 bits per heavy atom. The Kier molecular flexibility index (Phi) is 7.94. The first kappa shape index (κ1) is 22.0. The van der Waals surface area contributed by atoms with Crippen LogP contribution >= 0.6 is 35.6 Å². The van der Waals surface area contributed by atoms with E-state index < -0.39 is 0 Å². The summed E-state index contributed by atoms with van der Waals surface area (Å²) in [6.07, 6.45) is 3.72. The molecule has 1 atom stereocenters. The molecule has 0 bridgehead atoms. The SMILES string of the molecule is CN(Cc1ccc(Cl)c(Cl)c1)C(=O)CN1CCNCC1c1nccn1C.Cl. The summed E-state index contributed by atoms with van der Waals surface area (Å²) >= 11 is 12.0. The maximum Gasteiger partial charge on any atom is 0.236 e. The van der Waals surface area contributed by atoms with Gasteiger partial charge in [0.25, 0.3) is 0 Å². The van der Waals surface area contributed by atoms with Crippen molar-refractivity contribution in [2.24, 2.45) is 7.05 Å². The highest BCUT2D eigenvalue weighted by Crippen LogP contribution is 2.23. The van der Waals surface area contributed by atoms with Gasteiger partial charge in [-0.1, -0.05) is 29.3 Å². The van der Waals surface area contributed by atoms with Gasteiger partial charge in [-0.3, -0.25) is 9.69 Å². The molecule has 1 aromatic heterocycles. The lowest BCUT2D eigenvalue weighted by molar-refractivity contribution is -0.132. The monoisotopic (exact) mass is 431 g/mol. The van der Waals surface area contributed by atoms with Gasteiger partial charge < -0.3 is 14.8 Å². The lowest BCUT2D eigenvalue weighted by Gasteiger charge is -2.36. The van der Waals surface area contributed by atoms with Gasteiger partial charge in [-0.15, -0.1) is 12.4 Å². The van der Waals surface area contributed by atoms with Gasteiger partial charge in [-0.05, 0) is 17.7 Å². The van der Waals surface area contributed by atoms with Crippen molar-refractivity contribution in [3.63, 3.8) is 0 Å². The highest BCUT2D eigenvalue weighted by molar-refractivity contribution is 6.42. The summed E-state index contributed by atoms with van der Waals surface area (Å²) < 4.78 is 2.01. The van der Waals surface area contributed by atoms with E-state index in [1.807, 2.05) is 30.9 Å². The van der Waals surface area contributed by atoms with Crippen LogP contribution in [0.2, 0.25) is 10.0 Å². The van der Waals surface area contributed by atoms with Crippen LogP contribution in [-0.2, 0) is 18.4 Å². The van der Waals surface area contributed by atoms with Crippen LogP contribution in [0.1, 0.15) is 17.4 Å². The number of hydrogen-bond acceptors (Lipinski definition) is 4. The van der Waals surface area contributed by atoms with Crippen molar-refractivity contribution in [1.29, 1.82) is 0 Å². The largest absolute Gasteiger partial charge is 0.340 e. The predicted octanol–water partition coefficient (Wildman–Crippen LogP) is 2.75. The zero-order valence-electron chi connectivity index (χ0n) is 15.4. The third-order valence-corrected chi connectivity index (χ3v) is 5.42. The number of piperazine rings is 1. The lowest BCUT2D eigenvalue weighted by Crippen LogP contribution is -2.50. The van der Waals surface area contributed by atoms with Crippen LogP contribution < -0.4 is 5.32 Å². The number of amides is 1. The molecule has 0 aliphatic carbocycles. The van der Waals surface area contributed by atoms with Crippen LogP contribution in [0.3, 0.4) is 0 Å². The number of carbonyl (C=O) groups excluding carboxylic acids is 1. The number of aryl methyl sites for hydroxylation is 1. The second-order valence-electron chi connectivity index (χ2n) is 6.59. The van der Waals surface area contributed by atoms with Gasteiger partial charge in [0.05, 0.1) is 22.6 Å². The first-order chi connectivity index (χ1) is 12.5. The number of benzene rings is 1. The summed E-state index contributed by atoms with van der Waals surface area (Å²) in [6, 6.07) is 5.53. The Labute approximate surface area is 175 Å². The molecule has 148 valence electrons. The van der Waals surface area contributed by atoms with E-state index in [0.717, 1.165) is 31.0 Å². The van der Waals surface area contributed by atoms with E-state index in [2.05, 4.69) is 15.2 Å². The molecule has 1 N–H and O–H groups in total. The van der Waals surface area contributed by atoms with Crippen molar-refractivity contribution in [3.05, 3.63) is 52.0 Å². The van der Waals surface area contributed by atoms with Crippen LogP contribution in [-0.4, -0.2) is 58.5 Å². The quantitative estimate of drug-likeness (QED) is 0.789. The molecular formula is C18H24Cl3N5O. The molecule has 1 aromatic carbocycles. The predicted molar refractivity (Wildman–Crippen MR) is 111 cm³/mol. The maximum atomic E-state index is 12.7.